The van der Waals surface area contributed by atoms with E-state index in [-0.39, 0.29) is 17.7 Å². The van der Waals surface area contributed by atoms with Crippen LogP contribution in [0.1, 0.15) is 21.6 Å². The molecule has 2 amide bonds. The lowest BCUT2D eigenvalue weighted by Crippen LogP contribution is -2.41. The van der Waals surface area contributed by atoms with Crippen LogP contribution in [-0.2, 0) is 4.79 Å². The van der Waals surface area contributed by atoms with Crippen LogP contribution in [0.25, 0.3) is 10.9 Å². The predicted octanol–water partition coefficient (Wildman–Crippen LogP) is 1.53. The summed E-state index contributed by atoms with van der Waals surface area (Å²) in [5, 5.41) is 3.79. The van der Waals surface area contributed by atoms with Gasteiger partial charge in [-0.2, -0.15) is 0 Å². The van der Waals surface area contributed by atoms with Crippen LogP contribution in [0.5, 0.6) is 0 Å². The molecule has 0 radical (unpaired) electrons. The molecule has 1 unspecified atom stereocenters. The zero-order valence-corrected chi connectivity index (χ0v) is 15.3. The number of nitrogens with one attached hydrogen (secondary N) is 2. The third-order valence-electron chi connectivity index (χ3n) is 5.18. The Bertz CT molecular complexity index is 811. The van der Waals surface area contributed by atoms with Crippen molar-refractivity contribution in [3.8, 4) is 0 Å². The van der Waals surface area contributed by atoms with Gasteiger partial charge in [0.05, 0.1) is 5.92 Å². The summed E-state index contributed by atoms with van der Waals surface area (Å²) in [6.45, 7) is 6.61. The lowest BCUT2D eigenvalue weighted by Gasteiger charge is -2.23. The monoisotopic (exact) mass is 342 g/mol. The van der Waals surface area contributed by atoms with Gasteiger partial charge in [0.15, 0.2) is 0 Å². The van der Waals surface area contributed by atoms with Gasteiger partial charge in [-0.15, -0.1) is 0 Å². The van der Waals surface area contributed by atoms with Gasteiger partial charge in [0.2, 0.25) is 5.91 Å². The van der Waals surface area contributed by atoms with E-state index in [0.29, 0.717) is 25.2 Å². The largest absolute Gasteiger partial charge is 0.359 e. The molecule has 1 aromatic heterocycles. The molecule has 1 aliphatic rings. The molecule has 6 heteroatoms. The Hall–Kier alpha value is -2.34. The molecule has 0 spiro atoms. The molecule has 25 heavy (non-hydrogen) atoms. The van der Waals surface area contributed by atoms with E-state index < -0.39 is 0 Å². The number of carbonyl (C=O) groups is 2. The number of carbonyl (C=O) groups excluding carboxylic acids is 2. The van der Waals surface area contributed by atoms with Gasteiger partial charge < -0.3 is 20.1 Å². The van der Waals surface area contributed by atoms with Crippen LogP contribution in [-0.4, -0.2) is 66.9 Å². The summed E-state index contributed by atoms with van der Waals surface area (Å²) in [5.41, 5.74) is 4.01. The van der Waals surface area contributed by atoms with Gasteiger partial charge in [-0.05, 0) is 44.7 Å². The first-order chi connectivity index (χ1) is 11.9. The van der Waals surface area contributed by atoms with E-state index in [2.05, 4.69) is 22.1 Å². The summed E-state index contributed by atoms with van der Waals surface area (Å²) >= 11 is 0. The molecule has 6 nitrogen and oxygen atoms in total. The van der Waals surface area contributed by atoms with Gasteiger partial charge in [0.25, 0.3) is 5.91 Å². The Morgan fingerprint density at radius 3 is 2.68 bits per heavy atom. The van der Waals surface area contributed by atoms with Gasteiger partial charge in [0.1, 0.15) is 0 Å². The number of hydrogen-bond acceptors (Lipinski definition) is 3. The highest BCUT2D eigenvalue weighted by atomic mass is 16.2. The third kappa shape index (κ3) is 3.39. The second-order valence-electron chi connectivity index (χ2n) is 6.96. The first-order valence-electron chi connectivity index (χ1n) is 8.69. The minimum absolute atomic E-state index is 0.00986. The number of aryl methyl sites for hydroxylation is 2. The van der Waals surface area contributed by atoms with Crippen LogP contribution < -0.4 is 5.32 Å². The zero-order valence-electron chi connectivity index (χ0n) is 15.3. The number of fused-ring (bicyclic) bond motifs is 1. The van der Waals surface area contributed by atoms with Crippen molar-refractivity contribution < 1.29 is 9.59 Å². The van der Waals surface area contributed by atoms with Crippen LogP contribution in [0.4, 0.5) is 0 Å². The number of aromatic nitrogens is 1. The van der Waals surface area contributed by atoms with Gasteiger partial charge in [-0.25, -0.2) is 0 Å². The topological polar surface area (TPSA) is 68.4 Å². The van der Waals surface area contributed by atoms with Crippen molar-refractivity contribution in [2.45, 2.75) is 13.8 Å². The Labute approximate surface area is 148 Å². The normalized spacial score (nSPS) is 19.0. The molecular formula is C19H26N4O2. The van der Waals surface area contributed by atoms with Gasteiger partial charge in [-0.3, -0.25) is 9.59 Å². The lowest BCUT2D eigenvalue weighted by atomic mass is 10.1. The van der Waals surface area contributed by atoms with Crippen molar-refractivity contribution in [3.63, 3.8) is 0 Å². The number of rotatable bonds is 2. The van der Waals surface area contributed by atoms with Crippen molar-refractivity contribution in [3.05, 3.63) is 35.0 Å². The number of nitrogens with zero attached hydrogens (tertiary/aromatic N) is 2. The Morgan fingerprint density at radius 2 is 1.96 bits per heavy atom. The third-order valence-corrected chi connectivity index (χ3v) is 5.18. The summed E-state index contributed by atoms with van der Waals surface area (Å²) in [4.78, 5) is 32.4. The van der Waals surface area contributed by atoms with E-state index in [9.17, 15) is 9.59 Å². The second kappa shape index (κ2) is 6.88. The van der Waals surface area contributed by atoms with Crippen LogP contribution in [0, 0.1) is 19.8 Å². The minimum Gasteiger partial charge on any atom is -0.359 e. The average molecular weight is 342 g/mol. The maximum absolute atomic E-state index is 13.0. The van der Waals surface area contributed by atoms with Gasteiger partial charge in [-0.1, -0.05) is 0 Å². The number of likely N-dealkylation sites (N-methyl/N-ethyl adjacent to an activating group) is 1. The molecule has 0 saturated carbocycles. The molecule has 1 atom stereocenters. The Morgan fingerprint density at radius 1 is 1.20 bits per heavy atom. The highest BCUT2D eigenvalue weighted by Gasteiger charge is 2.29. The standard InChI is InChI=1S/C19H26N4O2/c1-12-13(2)21-17-6-5-14(9-16(12)17)19(25)23-8-7-22(4)10-15(11-23)18(24)20-3/h5-6,9,15,21H,7-8,10-11H2,1-4H3,(H,20,24). The number of aromatic amines is 1. The molecule has 2 heterocycles. The summed E-state index contributed by atoms with van der Waals surface area (Å²) in [6, 6.07) is 5.78. The molecule has 0 bridgehead atoms. The van der Waals surface area contributed by atoms with Crippen molar-refractivity contribution in [2.24, 2.45) is 5.92 Å². The lowest BCUT2D eigenvalue weighted by molar-refractivity contribution is -0.125. The fourth-order valence-corrected chi connectivity index (χ4v) is 3.51. The van der Waals surface area contributed by atoms with Crippen LogP contribution in [0.2, 0.25) is 0 Å². The molecule has 3 rings (SSSR count). The van der Waals surface area contributed by atoms with E-state index in [1.165, 1.54) is 5.56 Å². The number of H-pyrrole nitrogens is 1. The fourth-order valence-electron chi connectivity index (χ4n) is 3.51. The first kappa shape index (κ1) is 17.5. The van der Waals surface area contributed by atoms with Gasteiger partial charge >= 0.3 is 0 Å². The molecular weight excluding hydrogens is 316 g/mol. The molecule has 1 fully saturated rings. The first-order valence-corrected chi connectivity index (χ1v) is 8.69. The van der Waals surface area contributed by atoms with Crippen molar-refractivity contribution >= 4 is 22.7 Å². The smallest absolute Gasteiger partial charge is 0.253 e. The maximum Gasteiger partial charge on any atom is 0.253 e. The predicted molar refractivity (Wildman–Crippen MR) is 98.7 cm³/mol. The quantitative estimate of drug-likeness (QED) is 0.870. The van der Waals surface area contributed by atoms with E-state index in [4.69, 9.17) is 0 Å². The number of hydrogen-bond donors (Lipinski definition) is 2. The van der Waals surface area contributed by atoms with Crippen molar-refractivity contribution in [1.29, 1.82) is 0 Å². The molecule has 1 aliphatic heterocycles. The summed E-state index contributed by atoms with van der Waals surface area (Å²) in [5.74, 6) is -0.232. The molecule has 1 aromatic carbocycles. The Balaban J connectivity index is 1.88. The van der Waals surface area contributed by atoms with Crippen LogP contribution in [0.3, 0.4) is 0 Å². The van der Waals surface area contributed by atoms with Gasteiger partial charge in [0, 0.05) is 55.4 Å². The molecule has 134 valence electrons. The minimum atomic E-state index is -0.207. The SMILES string of the molecule is CNC(=O)C1CN(C)CCN(C(=O)c2ccc3[nH]c(C)c(C)c3c2)C1. The van der Waals surface area contributed by atoms with Crippen molar-refractivity contribution in [1.82, 2.24) is 20.1 Å². The van der Waals surface area contributed by atoms with Crippen LogP contribution in [0.15, 0.2) is 18.2 Å². The Kier molecular flexibility index (Phi) is 4.81. The molecule has 1 saturated heterocycles. The number of benzene rings is 1. The average Bonchev–Trinajstić information content (AvgIpc) is 2.77. The fraction of sp³-hybridized carbons (Fsp3) is 0.474. The van der Waals surface area contributed by atoms with E-state index >= 15 is 0 Å². The summed E-state index contributed by atoms with van der Waals surface area (Å²) < 4.78 is 0. The number of amides is 2. The maximum atomic E-state index is 13.0. The van der Waals surface area contributed by atoms with E-state index in [0.717, 1.165) is 23.1 Å². The summed E-state index contributed by atoms with van der Waals surface area (Å²) in [6.07, 6.45) is 0. The highest BCUT2D eigenvalue weighted by Crippen LogP contribution is 2.23. The van der Waals surface area contributed by atoms with E-state index in [1.54, 1.807) is 11.9 Å². The highest BCUT2D eigenvalue weighted by molar-refractivity contribution is 5.99. The second-order valence-corrected chi connectivity index (χ2v) is 6.96. The molecule has 2 aromatic rings. The van der Waals surface area contributed by atoms with Crippen molar-refractivity contribution in [2.75, 3.05) is 40.3 Å². The molecule has 2 N–H and O–H groups in total. The summed E-state index contributed by atoms with van der Waals surface area (Å²) in [7, 11) is 3.63. The molecule has 0 aliphatic carbocycles. The zero-order chi connectivity index (χ0) is 18.1. The van der Waals surface area contributed by atoms with E-state index in [1.807, 2.05) is 32.2 Å². The van der Waals surface area contributed by atoms with Crippen LogP contribution >= 0.6 is 0 Å².